The fourth-order valence-corrected chi connectivity index (χ4v) is 2.61. The summed E-state index contributed by atoms with van der Waals surface area (Å²) >= 11 is 5.88. The molecule has 0 amide bonds. The number of rotatable bonds is 3. The Morgan fingerprint density at radius 1 is 1.33 bits per heavy atom. The van der Waals surface area contributed by atoms with Crippen molar-refractivity contribution >= 4 is 39.4 Å². The number of sulfonamides is 1. The molecule has 18 heavy (non-hydrogen) atoms. The summed E-state index contributed by atoms with van der Waals surface area (Å²) in [4.78, 5) is 11.9. The molecular weight excluding hydrogens is 294 g/mol. The molecule has 2 rings (SSSR count). The zero-order chi connectivity index (χ0) is 13.3. The van der Waals surface area contributed by atoms with Gasteiger partial charge in [0.15, 0.2) is 8.96 Å². The summed E-state index contributed by atoms with van der Waals surface area (Å²) < 4.78 is 22.5. The van der Waals surface area contributed by atoms with Gasteiger partial charge in [0.05, 0.1) is 4.90 Å². The van der Waals surface area contributed by atoms with Gasteiger partial charge in [-0.2, -0.15) is 5.10 Å². The zero-order valence-corrected chi connectivity index (χ0v) is 11.2. The second kappa shape index (κ2) is 4.69. The molecule has 0 spiro atoms. The van der Waals surface area contributed by atoms with E-state index in [1.54, 1.807) is 0 Å². The lowest BCUT2D eigenvalue weighted by Gasteiger charge is -1.99. The van der Waals surface area contributed by atoms with Crippen LogP contribution in [0.15, 0.2) is 29.2 Å². The molecule has 0 saturated heterocycles. The summed E-state index contributed by atoms with van der Waals surface area (Å²) in [7, 11) is -3.75. The summed E-state index contributed by atoms with van der Waals surface area (Å²) in [5.41, 5.74) is 0.320. The lowest BCUT2D eigenvalue weighted by Crippen LogP contribution is -2.12. The topological polar surface area (TPSA) is 106 Å². The molecule has 9 heteroatoms. The summed E-state index contributed by atoms with van der Waals surface area (Å²) in [5.74, 6) is -0.326. The number of hydrogen-bond donors (Lipinski definition) is 2. The van der Waals surface area contributed by atoms with Crippen molar-refractivity contribution < 1.29 is 13.2 Å². The molecule has 6 nitrogen and oxygen atoms in total. The van der Waals surface area contributed by atoms with E-state index < -0.39 is 10.0 Å². The molecule has 0 unspecified atom stereocenters. The number of carbonyl (C=O) groups excluding carboxylic acids is 1. The van der Waals surface area contributed by atoms with Crippen molar-refractivity contribution in [2.24, 2.45) is 5.14 Å². The van der Waals surface area contributed by atoms with Crippen LogP contribution in [0.2, 0.25) is 0 Å². The number of carbonyl (C=O) groups is 1. The third kappa shape index (κ3) is 2.70. The van der Waals surface area contributed by atoms with E-state index in [4.69, 9.17) is 17.4 Å². The largest absolute Gasteiger partial charge is 0.286 e. The molecule has 2 aromatic rings. The van der Waals surface area contributed by atoms with E-state index in [1.807, 2.05) is 0 Å². The van der Waals surface area contributed by atoms with Crippen molar-refractivity contribution in [2.45, 2.75) is 4.90 Å². The number of H-pyrrole nitrogens is 1. The summed E-state index contributed by atoms with van der Waals surface area (Å²) in [6.45, 7) is 0. The Kier molecular flexibility index (Phi) is 3.39. The smallest absolute Gasteiger partial charge is 0.238 e. The van der Waals surface area contributed by atoms with Crippen molar-refractivity contribution in [3.05, 3.63) is 38.8 Å². The lowest BCUT2D eigenvalue weighted by atomic mass is 10.1. The van der Waals surface area contributed by atoms with Gasteiger partial charge in [-0.05, 0) is 36.5 Å². The predicted octanol–water partition coefficient (Wildman–Crippen LogP) is 1.08. The molecule has 0 aliphatic rings. The first-order valence-electron chi connectivity index (χ1n) is 4.61. The number of ketones is 1. The lowest BCUT2D eigenvalue weighted by molar-refractivity contribution is 0.103. The summed E-state index contributed by atoms with van der Waals surface area (Å²) in [6, 6.07) is 5.31. The van der Waals surface area contributed by atoms with Gasteiger partial charge in [-0.25, -0.2) is 13.6 Å². The SMILES string of the molecule is NS(=O)(=O)c1ccc(C(=O)c2n[nH]c(=S)s2)cc1. The van der Waals surface area contributed by atoms with Crippen LogP contribution in [0, 0.1) is 3.95 Å². The minimum absolute atomic E-state index is 0.0475. The minimum Gasteiger partial charge on any atom is -0.286 e. The van der Waals surface area contributed by atoms with E-state index in [-0.39, 0.29) is 15.7 Å². The van der Waals surface area contributed by atoms with Crippen LogP contribution in [0.25, 0.3) is 0 Å². The molecule has 0 aliphatic heterocycles. The number of hydrogen-bond acceptors (Lipinski definition) is 6. The minimum atomic E-state index is -3.75. The molecule has 0 saturated carbocycles. The molecule has 3 N–H and O–H groups in total. The standard InChI is InChI=1S/C9H7N3O3S3/c10-18(14,15)6-3-1-5(2-4-6)7(13)8-11-12-9(16)17-8/h1-4H,(H,12,16)(H2,10,14,15). The van der Waals surface area contributed by atoms with Gasteiger partial charge in [-0.15, -0.1) is 0 Å². The van der Waals surface area contributed by atoms with E-state index >= 15 is 0 Å². The first kappa shape index (κ1) is 13.0. The normalized spacial score (nSPS) is 11.4. The van der Waals surface area contributed by atoms with Crippen LogP contribution >= 0.6 is 23.6 Å². The van der Waals surface area contributed by atoms with E-state index in [0.717, 1.165) is 11.3 Å². The van der Waals surface area contributed by atoms with Crippen molar-refractivity contribution in [1.29, 1.82) is 0 Å². The Labute approximate surface area is 112 Å². The van der Waals surface area contributed by atoms with Gasteiger partial charge in [0.1, 0.15) is 0 Å². The van der Waals surface area contributed by atoms with Crippen molar-refractivity contribution in [2.75, 3.05) is 0 Å². The molecule has 0 radical (unpaired) electrons. The van der Waals surface area contributed by atoms with Crippen LogP contribution in [-0.2, 0) is 10.0 Å². The van der Waals surface area contributed by atoms with Crippen LogP contribution in [0.5, 0.6) is 0 Å². The molecule has 0 atom stereocenters. The van der Waals surface area contributed by atoms with Crippen molar-refractivity contribution in [3.8, 4) is 0 Å². The number of benzene rings is 1. The maximum absolute atomic E-state index is 11.9. The molecule has 0 bridgehead atoms. The average Bonchev–Trinajstić information content (AvgIpc) is 2.74. The van der Waals surface area contributed by atoms with Crippen molar-refractivity contribution in [1.82, 2.24) is 10.2 Å². The van der Waals surface area contributed by atoms with Crippen LogP contribution in [-0.4, -0.2) is 24.4 Å². The van der Waals surface area contributed by atoms with Gasteiger partial charge >= 0.3 is 0 Å². The monoisotopic (exact) mass is 301 g/mol. The van der Waals surface area contributed by atoms with E-state index in [9.17, 15) is 13.2 Å². The fraction of sp³-hybridized carbons (Fsp3) is 0. The first-order valence-corrected chi connectivity index (χ1v) is 7.38. The number of aromatic nitrogens is 2. The Morgan fingerprint density at radius 2 is 1.94 bits per heavy atom. The third-order valence-electron chi connectivity index (χ3n) is 2.08. The van der Waals surface area contributed by atoms with Crippen LogP contribution in [0.1, 0.15) is 15.4 Å². The molecular formula is C9H7N3O3S3. The van der Waals surface area contributed by atoms with Crippen LogP contribution in [0.3, 0.4) is 0 Å². The Hall–Kier alpha value is -1.42. The zero-order valence-electron chi connectivity index (χ0n) is 8.78. The maximum atomic E-state index is 11.9. The second-order valence-electron chi connectivity index (χ2n) is 3.32. The van der Waals surface area contributed by atoms with Gasteiger partial charge in [-0.1, -0.05) is 11.3 Å². The van der Waals surface area contributed by atoms with E-state index in [0.29, 0.717) is 9.52 Å². The van der Waals surface area contributed by atoms with Gasteiger partial charge < -0.3 is 0 Å². The van der Waals surface area contributed by atoms with Gasteiger partial charge in [0.2, 0.25) is 15.8 Å². The maximum Gasteiger partial charge on any atom is 0.238 e. The molecule has 0 fully saturated rings. The highest BCUT2D eigenvalue weighted by atomic mass is 32.2. The number of aromatic amines is 1. The number of nitrogens with one attached hydrogen (secondary N) is 1. The highest BCUT2D eigenvalue weighted by Gasteiger charge is 2.14. The summed E-state index contributed by atoms with van der Waals surface area (Å²) in [6.07, 6.45) is 0. The summed E-state index contributed by atoms with van der Waals surface area (Å²) in [5, 5.41) is 11.4. The Morgan fingerprint density at radius 3 is 2.39 bits per heavy atom. The van der Waals surface area contributed by atoms with Gasteiger partial charge in [-0.3, -0.25) is 9.89 Å². The fourth-order valence-electron chi connectivity index (χ4n) is 1.25. The van der Waals surface area contributed by atoms with Crippen molar-refractivity contribution in [3.63, 3.8) is 0 Å². The van der Waals surface area contributed by atoms with E-state index in [1.165, 1.54) is 24.3 Å². The third-order valence-corrected chi connectivity index (χ3v) is 4.09. The van der Waals surface area contributed by atoms with E-state index in [2.05, 4.69) is 10.2 Å². The molecule has 94 valence electrons. The second-order valence-corrected chi connectivity index (χ2v) is 6.54. The predicted molar refractivity (Wildman–Crippen MR) is 68.5 cm³/mol. The molecule has 1 aromatic heterocycles. The Bertz CT molecular complexity index is 743. The number of nitrogens with two attached hydrogens (primary N) is 1. The molecule has 0 aliphatic carbocycles. The van der Waals surface area contributed by atoms with Gasteiger partial charge in [0.25, 0.3) is 0 Å². The number of nitrogens with zero attached hydrogens (tertiary/aromatic N) is 1. The van der Waals surface area contributed by atoms with Crippen LogP contribution < -0.4 is 5.14 Å². The quantitative estimate of drug-likeness (QED) is 0.652. The highest BCUT2D eigenvalue weighted by molar-refractivity contribution is 7.89. The molecule has 1 heterocycles. The first-order chi connectivity index (χ1) is 8.38. The van der Waals surface area contributed by atoms with Gasteiger partial charge in [0, 0.05) is 5.56 Å². The van der Waals surface area contributed by atoms with Crippen LogP contribution in [0.4, 0.5) is 0 Å². The highest BCUT2D eigenvalue weighted by Crippen LogP contribution is 2.14. The number of primary sulfonamides is 1. The molecule has 1 aromatic carbocycles. The average molecular weight is 301 g/mol. The Balaban J connectivity index is 2.36.